The Kier molecular flexibility index (Phi) is 7.70. The molecule has 2 heterocycles. The molecule has 4 rings (SSSR count). The molecule has 0 spiro atoms. The lowest BCUT2D eigenvalue weighted by Crippen LogP contribution is -2.35. The van der Waals surface area contributed by atoms with Gasteiger partial charge in [0, 0.05) is 32.2 Å². The maximum Gasteiger partial charge on any atom is 0.243 e. The lowest BCUT2D eigenvalue weighted by Gasteiger charge is -2.25. The van der Waals surface area contributed by atoms with Crippen LogP contribution in [0.25, 0.3) is 0 Å². The summed E-state index contributed by atoms with van der Waals surface area (Å²) in [5.74, 6) is 0.635. The number of nitrogens with zero attached hydrogens (tertiary/aromatic N) is 4. The first-order valence-corrected chi connectivity index (χ1v) is 13.7. The third kappa shape index (κ3) is 5.68. The van der Waals surface area contributed by atoms with Gasteiger partial charge in [0.25, 0.3) is 0 Å². The fourth-order valence-corrected chi connectivity index (χ4v) is 6.15. The first-order valence-electron chi connectivity index (χ1n) is 11.3. The molecule has 3 aromatic rings. The molecule has 1 saturated heterocycles. The highest BCUT2D eigenvalue weighted by atomic mass is 32.2. The fraction of sp³-hybridized carbons (Fsp3) is 0.375. The van der Waals surface area contributed by atoms with Crippen LogP contribution in [0.4, 0.5) is 5.69 Å². The molecule has 1 fully saturated rings. The van der Waals surface area contributed by atoms with Crippen LogP contribution < -0.4 is 5.32 Å². The van der Waals surface area contributed by atoms with E-state index in [9.17, 15) is 13.2 Å². The molecule has 0 saturated carbocycles. The van der Waals surface area contributed by atoms with Crippen LogP contribution in [0.5, 0.6) is 0 Å². The second kappa shape index (κ2) is 10.7. The van der Waals surface area contributed by atoms with Gasteiger partial charge in [-0.25, -0.2) is 8.42 Å². The molecule has 1 N–H and O–H groups in total. The van der Waals surface area contributed by atoms with Crippen molar-refractivity contribution < 1.29 is 13.2 Å². The van der Waals surface area contributed by atoms with Gasteiger partial charge in [0.05, 0.1) is 10.1 Å². The van der Waals surface area contributed by atoms with E-state index in [0.717, 1.165) is 30.7 Å². The highest BCUT2D eigenvalue weighted by Gasteiger charge is 2.26. The van der Waals surface area contributed by atoms with Crippen LogP contribution in [0, 0.1) is 0 Å². The Morgan fingerprint density at radius 2 is 1.71 bits per heavy atom. The molecular weight excluding hydrogens is 470 g/mol. The molecule has 8 nitrogen and oxygen atoms in total. The molecule has 0 bridgehead atoms. The van der Waals surface area contributed by atoms with Crippen LogP contribution in [-0.4, -0.2) is 51.7 Å². The van der Waals surface area contributed by atoms with Crippen LogP contribution >= 0.6 is 11.8 Å². The Hall–Kier alpha value is -2.69. The highest BCUT2D eigenvalue weighted by Crippen LogP contribution is 2.25. The van der Waals surface area contributed by atoms with Gasteiger partial charge in [0.15, 0.2) is 5.16 Å². The standard InChI is InChI=1S/C24H29N5O3S2/c1-18(33-24-27-26-22(28(24)2)17-19-9-5-3-6-10-19)23(30)25-20-11-13-21(14-12-20)34(31,32)29-15-7-4-8-16-29/h3,5-6,9-14,18H,4,7-8,15-17H2,1-2H3,(H,25,30). The molecule has 0 radical (unpaired) electrons. The number of nitrogens with one attached hydrogen (secondary N) is 1. The van der Waals surface area contributed by atoms with E-state index in [2.05, 4.69) is 15.5 Å². The molecule has 1 atom stereocenters. The summed E-state index contributed by atoms with van der Waals surface area (Å²) in [5, 5.41) is 11.6. The number of piperidine rings is 1. The van der Waals surface area contributed by atoms with Crippen molar-refractivity contribution in [3.8, 4) is 0 Å². The Morgan fingerprint density at radius 1 is 1.03 bits per heavy atom. The van der Waals surface area contributed by atoms with Gasteiger partial charge in [-0.2, -0.15) is 4.31 Å². The number of amides is 1. The SMILES string of the molecule is CC(Sc1nnc(Cc2ccccc2)n1C)C(=O)Nc1ccc(S(=O)(=O)N2CCCCC2)cc1. The summed E-state index contributed by atoms with van der Waals surface area (Å²) >= 11 is 1.33. The summed E-state index contributed by atoms with van der Waals surface area (Å²) < 4.78 is 29.0. The van der Waals surface area contributed by atoms with Gasteiger partial charge in [-0.3, -0.25) is 4.79 Å². The van der Waals surface area contributed by atoms with E-state index >= 15 is 0 Å². The smallest absolute Gasteiger partial charge is 0.243 e. The van der Waals surface area contributed by atoms with Crippen molar-refractivity contribution in [3.05, 3.63) is 66.0 Å². The first kappa shape index (κ1) is 24.4. The van der Waals surface area contributed by atoms with Crippen molar-refractivity contribution in [2.45, 2.75) is 47.9 Å². The van der Waals surface area contributed by atoms with Gasteiger partial charge in [0.2, 0.25) is 15.9 Å². The third-order valence-electron chi connectivity index (χ3n) is 5.86. The minimum atomic E-state index is -3.49. The molecule has 1 aliphatic rings. The Labute approximate surface area is 204 Å². The second-order valence-corrected chi connectivity index (χ2v) is 11.6. The van der Waals surface area contributed by atoms with Crippen molar-refractivity contribution in [3.63, 3.8) is 0 Å². The number of carbonyl (C=O) groups is 1. The minimum absolute atomic E-state index is 0.191. The summed E-state index contributed by atoms with van der Waals surface area (Å²) in [6.45, 7) is 2.93. The van der Waals surface area contributed by atoms with E-state index in [1.807, 2.05) is 41.9 Å². The zero-order valence-electron chi connectivity index (χ0n) is 19.3. The molecule has 1 aliphatic heterocycles. The quantitative estimate of drug-likeness (QED) is 0.475. The van der Waals surface area contributed by atoms with Crippen molar-refractivity contribution >= 4 is 33.4 Å². The van der Waals surface area contributed by atoms with Gasteiger partial charge in [-0.15, -0.1) is 10.2 Å². The predicted octanol–water partition coefficient (Wildman–Crippen LogP) is 3.70. The molecule has 180 valence electrons. The number of anilines is 1. The predicted molar refractivity (Wildman–Crippen MR) is 133 cm³/mol. The lowest BCUT2D eigenvalue weighted by atomic mass is 10.1. The zero-order chi connectivity index (χ0) is 24.1. The maximum atomic E-state index is 12.8. The van der Waals surface area contributed by atoms with Crippen molar-refractivity contribution in [2.24, 2.45) is 7.05 Å². The lowest BCUT2D eigenvalue weighted by molar-refractivity contribution is -0.115. The number of aromatic nitrogens is 3. The van der Waals surface area contributed by atoms with Gasteiger partial charge < -0.3 is 9.88 Å². The first-order chi connectivity index (χ1) is 16.3. The van der Waals surface area contributed by atoms with E-state index in [4.69, 9.17) is 0 Å². The summed E-state index contributed by atoms with van der Waals surface area (Å²) in [6, 6.07) is 16.4. The number of benzene rings is 2. The number of hydrogen-bond acceptors (Lipinski definition) is 6. The molecule has 1 aromatic heterocycles. The normalized spacial score (nSPS) is 15.7. The van der Waals surface area contributed by atoms with Crippen LogP contribution in [0.1, 0.15) is 37.6 Å². The Morgan fingerprint density at radius 3 is 2.38 bits per heavy atom. The molecule has 1 amide bonds. The second-order valence-electron chi connectivity index (χ2n) is 8.36. The molecule has 34 heavy (non-hydrogen) atoms. The summed E-state index contributed by atoms with van der Waals surface area (Å²) in [4.78, 5) is 13.0. The average Bonchev–Trinajstić information content (AvgIpc) is 3.19. The van der Waals surface area contributed by atoms with E-state index < -0.39 is 15.3 Å². The third-order valence-corrected chi connectivity index (χ3v) is 8.90. The van der Waals surface area contributed by atoms with Gasteiger partial charge in [0.1, 0.15) is 5.82 Å². The Balaban J connectivity index is 1.36. The maximum absolute atomic E-state index is 12.8. The van der Waals surface area contributed by atoms with E-state index in [0.29, 0.717) is 30.4 Å². The zero-order valence-corrected chi connectivity index (χ0v) is 21.0. The summed E-state index contributed by atoms with van der Waals surface area (Å²) in [6.07, 6.45) is 3.51. The van der Waals surface area contributed by atoms with Crippen LogP contribution in [0.15, 0.2) is 64.6 Å². The van der Waals surface area contributed by atoms with Crippen LogP contribution in [0.2, 0.25) is 0 Å². The highest BCUT2D eigenvalue weighted by molar-refractivity contribution is 8.00. The monoisotopic (exact) mass is 499 g/mol. The van der Waals surface area contributed by atoms with E-state index in [1.165, 1.54) is 16.1 Å². The number of thioether (sulfide) groups is 1. The Bertz CT molecular complexity index is 1220. The largest absolute Gasteiger partial charge is 0.325 e. The van der Waals surface area contributed by atoms with Crippen molar-refractivity contribution in [1.29, 1.82) is 0 Å². The van der Waals surface area contributed by atoms with Crippen LogP contribution in [0.3, 0.4) is 0 Å². The van der Waals surface area contributed by atoms with Crippen molar-refractivity contribution in [2.75, 3.05) is 18.4 Å². The molecule has 2 aromatic carbocycles. The number of rotatable bonds is 8. The van der Waals surface area contributed by atoms with Gasteiger partial charge in [-0.1, -0.05) is 48.5 Å². The average molecular weight is 500 g/mol. The minimum Gasteiger partial charge on any atom is -0.325 e. The summed E-state index contributed by atoms with van der Waals surface area (Å²) in [5.41, 5.74) is 1.70. The molecule has 1 unspecified atom stereocenters. The molecule has 10 heteroatoms. The van der Waals surface area contributed by atoms with Gasteiger partial charge >= 0.3 is 0 Å². The molecule has 0 aliphatic carbocycles. The molecular formula is C24H29N5O3S2. The fourth-order valence-electron chi connectivity index (χ4n) is 3.80. The summed E-state index contributed by atoms with van der Waals surface area (Å²) in [7, 11) is -1.60. The number of hydrogen-bond donors (Lipinski definition) is 1. The van der Waals surface area contributed by atoms with Gasteiger partial charge in [-0.05, 0) is 49.6 Å². The topological polar surface area (TPSA) is 97.2 Å². The number of carbonyl (C=O) groups excluding carboxylic acids is 1. The van der Waals surface area contributed by atoms with Crippen molar-refractivity contribution in [1.82, 2.24) is 19.1 Å². The van der Waals surface area contributed by atoms with E-state index in [1.54, 1.807) is 31.2 Å². The van der Waals surface area contributed by atoms with E-state index in [-0.39, 0.29) is 10.8 Å². The van der Waals surface area contributed by atoms with Crippen LogP contribution in [-0.2, 0) is 28.3 Å². The number of sulfonamides is 1.